The van der Waals surface area contributed by atoms with E-state index in [1.165, 1.54) is 12.8 Å². The minimum atomic E-state index is 0.204. The van der Waals surface area contributed by atoms with Crippen LogP contribution >= 0.6 is 0 Å². The van der Waals surface area contributed by atoms with E-state index in [0.29, 0.717) is 11.8 Å². The van der Waals surface area contributed by atoms with Gasteiger partial charge in [0.2, 0.25) is 5.91 Å². The molecule has 0 aromatic rings. The van der Waals surface area contributed by atoms with Crippen molar-refractivity contribution in [1.82, 2.24) is 5.32 Å². The zero-order chi connectivity index (χ0) is 13.7. The fourth-order valence-electron chi connectivity index (χ4n) is 3.43. The third-order valence-electron chi connectivity index (χ3n) is 4.77. The maximum atomic E-state index is 12.3. The van der Waals surface area contributed by atoms with E-state index in [1.807, 2.05) is 0 Å². The number of amides is 1. The number of carbonyl (C=O) groups excluding carboxylic acids is 1. The topological polar surface area (TPSA) is 64.4 Å². The number of nitrogens with two attached hydrogens (primary N) is 1. The Kier molecular flexibility index (Phi) is 5.64. The number of rotatable bonds is 5. The van der Waals surface area contributed by atoms with Gasteiger partial charge in [-0.05, 0) is 45.1 Å². The van der Waals surface area contributed by atoms with Gasteiger partial charge < -0.3 is 15.8 Å². The average molecular weight is 268 g/mol. The number of ether oxygens (including phenoxy) is 1. The SMILES string of the molecule is CC(NC(=O)C1CCCC(CCN)C1)C1CCOC1. The zero-order valence-corrected chi connectivity index (χ0v) is 12.1. The summed E-state index contributed by atoms with van der Waals surface area (Å²) in [4.78, 5) is 12.3. The molecule has 1 aliphatic carbocycles. The van der Waals surface area contributed by atoms with Crippen LogP contribution in [-0.2, 0) is 9.53 Å². The molecule has 3 N–H and O–H groups in total. The summed E-state index contributed by atoms with van der Waals surface area (Å²) in [6.45, 7) is 4.49. The molecule has 110 valence electrons. The van der Waals surface area contributed by atoms with Crippen molar-refractivity contribution in [2.24, 2.45) is 23.5 Å². The van der Waals surface area contributed by atoms with E-state index >= 15 is 0 Å². The molecule has 0 aromatic heterocycles. The number of nitrogens with one attached hydrogen (secondary N) is 1. The maximum absolute atomic E-state index is 12.3. The van der Waals surface area contributed by atoms with Crippen molar-refractivity contribution in [2.75, 3.05) is 19.8 Å². The number of hydrogen-bond acceptors (Lipinski definition) is 3. The Morgan fingerprint density at radius 1 is 1.42 bits per heavy atom. The fraction of sp³-hybridized carbons (Fsp3) is 0.933. The summed E-state index contributed by atoms with van der Waals surface area (Å²) in [6, 6.07) is 0.241. The minimum absolute atomic E-state index is 0.204. The van der Waals surface area contributed by atoms with Gasteiger partial charge >= 0.3 is 0 Å². The summed E-state index contributed by atoms with van der Waals surface area (Å²) >= 11 is 0. The van der Waals surface area contributed by atoms with Gasteiger partial charge in [0.25, 0.3) is 0 Å². The lowest BCUT2D eigenvalue weighted by molar-refractivity contribution is -0.127. The molecule has 0 bridgehead atoms. The summed E-state index contributed by atoms with van der Waals surface area (Å²) in [6.07, 6.45) is 6.62. The van der Waals surface area contributed by atoms with Gasteiger partial charge in [0.15, 0.2) is 0 Å². The predicted octanol–water partition coefficient (Wildman–Crippen LogP) is 1.68. The average Bonchev–Trinajstić information content (AvgIpc) is 2.93. The Balaban J connectivity index is 1.78. The molecule has 4 nitrogen and oxygen atoms in total. The van der Waals surface area contributed by atoms with Gasteiger partial charge in [-0.25, -0.2) is 0 Å². The first-order valence-corrected chi connectivity index (χ1v) is 7.79. The van der Waals surface area contributed by atoms with Crippen molar-refractivity contribution in [3.05, 3.63) is 0 Å². The van der Waals surface area contributed by atoms with Gasteiger partial charge in [-0.2, -0.15) is 0 Å². The van der Waals surface area contributed by atoms with Crippen LogP contribution in [0.3, 0.4) is 0 Å². The first-order valence-electron chi connectivity index (χ1n) is 7.79. The van der Waals surface area contributed by atoms with E-state index in [4.69, 9.17) is 10.5 Å². The highest BCUT2D eigenvalue weighted by atomic mass is 16.5. The van der Waals surface area contributed by atoms with Crippen LogP contribution in [-0.4, -0.2) is 31.7 Å². The van der Waals surface area contributed by atoms with Crippen molar-refractivity contribution in [3.8, 4) is 0 Å². The molecule has 2 rings (SSSR count). The lowest BCUT2D eigenvalue weighted by atomic mass is 9.79. The van der Waals surface area contributed by atoms with Gasteiger partial charge in [-0.15, -0.1) is 0 Å². The highest BCUT2D eigenvalue weighted by Crippen LogP contribution is 2.31. The largest absolute Gasteiger partial charge is 0.381 e. The molecule has 1 heterocycles. The van der Waals surface area contributed by atoms with E-state index in [1.54, 1.807) is 0 Å². The van der Waals surface area contributed by atoms with Gasteiger partial charge in [0, 0.05) is 24.5 Å². The first kappa shape index (κ1) is 14.8. The quantitative estimate of drug-likeness (QED) is 0.797. The van der Waals surface area contributed by atoms with Crippen molar-refractivity contribution in [1.29, 1.82) is 0 Å². The molecule has 2 aliphatic rings. The second-order valence-corrected chi connectivity index (χ2v) is 6.23. The van der Waals surface area contributed by atoms with Crippen molar-refractivity contribution >= 4 is 5.91 Å². The van der Waals surface area contributed by atoms with Crippen LogP contribution in [0.5, 0.6) is 0 Å². The van der Waals surface area contributed by atoms with Gasteiger partial charge in [-0.3, -0.25) is 4.79 Å². The standard InChI is InChI=1S/C15H28N2O2/c1-11(14-6-8-19-10-14)17-15(18)13-4-2-3-12(9-13)5-7-16/h11-14H,2-10,16H2,1H3,(H,17,18). The first-order chi connectivity index (χ1) is 9.20. The molecule has 0 radical (unpaired) electrons. The van der Waals surface area contributed by atoms with E-state index in [-0.39, 0.29) is 17.9 Å². The highest BCUT2D eigenvalue weighted by Gasteiger charge is 2.29. The second-order valence-electron chi connectivity index (χ2n) is 6.23. The maximum Gasteiger partial charge on any atom is 0.223 e. The Hall–Kier alpha value is -0.610. The molecular weight excluding hydrogens is 240 g/mol. The second kappa shape index (κ2) is 7.25. The minimum Gasteiger partial charge on any atom is -0.381 e. The third-order valence-corrected chi connectivity index (χ3v) is 4.77. The monoisotopic (exact) mass is 268 g/mol. The molecule has 1 saturated heterocycles. The number of hydrogen-bond donors (Lipinski definition) is 2. The molecule has 1 amide bonds. The van der Waals surface area contributed by atoms with Crippen LogP contribution in [0.4, 0.5) is 0 Å². The predicted molar refractivity (Wildman–Crippen MR) is 75.7 cm³/mol. The van der Waals surface area contributed by atoms with Crippen LogP contribution in [0, 0.1) is 17.8 Å². The van der Waals surface area contributed by atoms with Crippen LogP contribution in [0.2, 0.25) is 0 Å². The van der Waals surface area contributed by atoms with Crippen LogP contribution in [0.15, 0.2) is 0 Å². The van der Waals surface area contributed by atoms with E-state index in [0.717, 1.165) is 45.4 Å². The van der Waals surface area contributed by atoms with Crippen molar-refractivity contribution in [3.63, 3.8) is 0 Å². The van der Waals surface area contributed by atoms with E-state index < -0.39 is 0 Å². The van der Waals surface area contributed by atoms with E-state index in [9.17, 15) is 4.79 Å². The summed E-state index contributed by atoms with van der Waals surface area (Å²) in [7, 11) is 0. The molecule has 4 unspecified atom stereocenters. The normalized spacial score (nSPS) is 33.1. The molecule has 4 atom stereocenters. The molecule has 4 heteroatoms. The molecule has 1 saturated carbocycles. The Morgan fingerprint density at radius 2 is 2.26 bits per heavy atom. The summed E-state index contributed by atoms with van der Waals surface area (Å²) in [5, 5.41) is 3.20. The van der Waals surface area contributed by atoms with Gasteiger partial charge in [-0.1, -0.05) is 12.8 Å². The Labute approximate surface area is 116 Å². The molecule has 2 fully saturated rings. The molecule has 0 aromatic carbocycles. The Morgan fingerprint density at radius 3 is 2.95 bits per heavy atom. The van der Waals surface area contributed by atoms with Crippen LogP contribution in [0.25, 0.3) is 0 Å². The lowest BCUT2D eigenvalue weighted by Gasteiger charge is -2.30. The van der Waals surface area contributed by atoms with E-state index in [2.05, 4.69) is 12.2 Å². The van der Waals surface area contributed by atoms with Crippen LogP contribution in [0.1, 0.15) is 45.4 Å². The van der Waals surface area contributed by atoms with Crippen molar-refractivity contribution < 1.29 is 9.53 Å². The highest BCUT2D eigenvalue weighted by molar-refractivity contribution is 5.79. The molecular formula is C15H28N2O2. The summed E-state index contributed by atoms with van der Waals surface area (Å²) in [5.41, 5.74) is 5.63. The Bertz CT molecular complexity index is 288. The van der Waals surface area contributed by atoms with Crippen molar-refractivity contribution in [2.45, 2.75) is 51.5 Å². The lowest BCUT2D eigenvalue weighted by Crippen LogP contribution is -2.42. The number of carbonyl (C=O) groups is 1. The molecule has 19 heavy (non-hydrogen) atoms. The third kappa shape index (κ3) is 4.18. The van der Waals surface area contributed by atoms with Gasteiger partial charge in [0.05, 0.1) is 6.61 Å². The fourth-order valence-corrected chi connectivity index (χ4v) is 3.43. The van der Waals surface area contributed by atoms with Gasteiger partial charge in [0.1, 0.15) is 0 Å². The zero-order valence-electron chi connectivity index (χ0n) is 12.1. The summed E-state index contributed by atoms with van der Waals surface area (Å²) in [5.74, 6) is 1.60. The van der Waals surface area contributed by atoms with Crippen LogP contribution < -0.4 is 11.1 Å². The molecule has 1 aliphatic heterocycles. The summed E-state index contributed by atoms with van der Waals surface area (Å²) < 4.78 is 5.39. The smallest absolute Gasteiger partial charge is 0.223 e. The molecule has 0 spiro atoms.